The zero-order valence-corrected chi connectivity index (χ0v) is 18.2. The van der Waals surface area contributed by atoms with Crippen LogP contribution in [0.3, 0.4) is 0 Å². The number of sulfonamides is 1. The Bertz CT molecular complexity index is 1110. The highest BCUT2D eigenvalue weighted by molar-refractivity contribution is 7.89. The van der Waals surface area contributed by atoms with E-state index >= 15 is 0 Å². The maximum absolute atomic E-state index is 12.9. The van der Waals surface area contributed by atoms with Gasteiger partial charge in [-0.15, -0.1) is 10.2 Å². The first-order valence-corrected chi connectivity index (χ1v) is 11.3. The third-order valence-corrected chi connectivity index (χ3v) is 6.99. The summed E-state index contributed by atoms with van der Waals surface area (Å²) < 4.78 is 32.4. The second-order valence-electron chi connectivity index (χ2n) is 7.19. The molecule has 0 radical (unpaired) electrons. The summed E-state index contributed by atoms with van der Waals surface area (Å²) >= 11 is 0. The van der Waals surface area contributed by atoms with Crippen molar-refractivity contribution in [1.82, 2.24) is 19.5 Å². The number of anilines is 3. The molecule has 0 amide bonds. The summed E-state index contributed by atoms with van der Waals surface area (Å²) in [5, 5.41) is 11.6. The first kappa shape index (κ1) is 21.0. The number of benzene rings is 1. The minimum absolute atomic E-state index is 0.265. The van der Waals surface area contributed by atoms with E-state index in [1.807, 2.05) is 36.1 Å². The number of ether oxygens (including phenoxy) is 1. The number of pyridine rings is 1. The average molecular weight is 441 g/mol. The summed E-state index contributed by atoms with van der Waals surface area (Å²) in [5.74, 6) is 2.63. The van der Waals surface area contributed by atoms with Gasteiger partial charge in [0.15, 0.2) is 11.6 Å². The highest BCUT2D eigenvalue weighted by Crippen LogP contribution is 2.22. The topological polar surface area (TPSA) is 101 Å². The van der Waals surface area contributed by atoms with Crippen LogP contribution in [-0.4, -0.2) is 61.2 Å². The van der Waals surface area contributed by atoms with Crippen LogP contribution in [0.15, 0.2) is 59.6 Å². The van der Waals surface area contributed by atoms with Crippen molar-refractivity contribution in [2.45, 2.75) is 11.8 Å². The van der Waals surface area contributed by atoms with Crippen molar-refractivity contribution in [2.24, 2.45) is 0 Å². The van der Waals surface area contributed by atoms with Crippen LogP contribution in [0.25, 0.3) is 0 Å². The largest absolute Gasteiger partial charge is 0.497 e. The predicted molar refractivity (Wildman–Crippen MR) is 118 cm³/mol. The molecule has 0 spiro atoms. The Morgan fingerprint density at radius 3 is 2.19 bits per heavy atom. The molecule has 162 valence electrons. The Labute approximate surface area is 181 Å². The van der Waals surface area contributed by atoms with Crippen LogP contribution in [-0.2, 0) is 10.0 Å². The summed E-state index contributed by atoms with van der Waals surface area (Å²) in [6.45, 7) is 3.81. The molecule has 9 nitrogen and oxygen atoms in total. The standard InChI is InChI=1S/C21H24N6O3S/c1-16-3-8-19(22-15-16)23-20-9-10-21(25-24-20)26-11-13-27(14-12-26)31(28,29)18-6-4-17(30-2)5-7-18/h3-10,15H,11-14H2,1-2H3,(H,22,23,24). The molecule has 3 aromatic rings. The monoisotopic (exact) mass is 440 g/mol. The number of methoxy groups -OCH3 is 1. The molecule has 1 aromatic carbocycles. The zero-order valence-electron chi connectivity index (χ0n) is 17.4. The van der Waals surface area contributed by atoms with Gasteiger partial charge in [-0.3, -0.25) is 0 Å². The second kappa shape index (κ2) is 8.86. The van der Waals surface area contributed by atoms with Crippen molar-refractivity contribution in [1.29, 1.82) is 0 Å². The van der Waals surface area contributed by atoms with Crippen LogP contribution in [0.5, 0.6) is 5.75 Å². The third-order valence-electron chi connectivity index (χ3n) is 5.08. The fraction of sp³-hybridized carbons (Fsp3) is 0.286. The molecule has 3 heterocycles. The van der Waals surface area contributed by atoms with Gasteiger partial charge in [0.05, 0.1) is 12.0 Å². The van der Waals surface area contributed by atoms with Crippen molar-refractivity contribution in [3.8, 4) is 5.75 Å². The molecule has 4 rings (SSSR count). The molecule has 0 aliphatic carbocycles. The van der Waals surface area contributed by atoms with E-state index in [1.165, 1.54) is 4.31 Å². The summed E-state index contributed by atoms with van der Waals surface area (Å²) in [7, 11) is -1.99. The van der Waals surface area contributed by atoms with Gasteiger partial charge in [0.2, 0.25) is 10.0 Å². The van der Waals surface area contributed by atoms with Crippen LogP contribution in [0, 0.1) is 6.92 Å². The lowest BCUT2D eigenvalue weighted by atomic mass is 10.3. The maximum atomic E-state index is 12.9. The minimum Gasteiger partial charge on any atom is -0.497 e. The van der Waals surface area contributed by atoms with Gasteiger partial charge in [0.1, 0.15) is 11.6 Å². The van der Waals surface area contributed by atoms with Crippen molar-refractivity contribution in [2.75, 3.05) is 43.5 Å². The normalized spacial score (nSPS) is 15.0. The fourth-order valence-electron chi connectivity index (χ4n) is 3.29. The predicted octanol–water partition coefficient (Wildman–Crippen LogP) is 2.44. The van der Waals surface area contributed by atoms with Gasteiger partial charge in [0.25, 0.3) is 0 Å². The number of rotatable bonds is 6. The summed E-state index contributed by atoms with van der Waals surface area (Å²) in [4.78, 5) is 6.59. The molecule has 10 heteroatoms. The van der Waals surface area contributed by atoms with Crippen LogP contribution < -0.4 is 15.0 Å². The Morgan fingerprint density at radius 1 is 0.903 bits per heavy atom. The molecule has 1 saturated heterocycles. The molecular formula is C21H24N6O3S. The first-order valence-electron chi connectivity index (χ1n) is 9.88. The summed E-state index contributed by atoms with van der Waals surface area (Å²) in [6, 6.07) is 14.0. The number of aryl methyl sites for hydroxylation is 1. The SMILES string of the molecule is COc1ccc(S(=O)(=O)N2CCN(c3ccc(Nc4ccc(C)cn4)nn3)CC2)cc1. The molecule has 1 aliphatic rings. The molecule has 0 bridgehead atoms. The molecule has 0 saturated carbocycles. The van der Waals surface area contributed by atoms with Gasteiger partial charge in [-0.2, -0.15) is 4.31 Å². The first-order chi connectivity index (χ1) is 15.0. The molecule has 1 N–H and O–H groups in total. The number of aromatic nitrogens is 3. The van der Waals surface area contributed by atoms with Crippen molar-refractivity contribution >= 4 is 27.5 Å². The zero-order chi connectivity index (χ0) is 21.8. The number of hydrogen-bond donors (Lipinski definition) is 1. The van der Waals surface area contributed by atoms with Gasteiger partial charge < -0.3 is 15.0 Å². The van der Waals surface area contributed by atoms with Gasteiger partial charge in [-0.25, -0.2) is 13.4 Å². The minimum atomic E-state index is -3.54. The fourth-order valence-corrected chi connectivity index (χ4v) is 4.71. The van der Waals surface area contributed by atoms with E-state index in [9.17, 15) is 8.42 Å². The van der Waals surface area contributed by atoms with Crippen molar-refractivity contribution < 1.29 is 13.2 Å². The number of piperazine rings is 1. The Hall–Kier alpha value is -3.24. The third kappa shape index (κ3) is 4.75. The molecular weight excluding hydrogens is 416 g/mol. The van der Waals surface area contributed by atoms with Gasteiger partial charge in [0, 0.05) is 32.4 Å². The Balaban J connectivity index is 1.37. The van der Waals surface area contributed by atoms with Crippen LogP contribution in [0.2, 0.25) is 0 Å². The molecule has 2 aromatic heterocycles. The lowest BCUT2D eigenvalue weighted by Crippen LogP contribution is -2.48. The Kier molecular flexibility index (Phi) is 6.01. The lowest BCUT2D eigenvalue weighted by Gasteiger charge is -2.34. The highest BCUT2D eigenvalue weighted by atomic mass is 32.2. The number of hydrogen-bond acceptors (Lipinski definition) is 8. The number of nitrogens with zero attached hydrogens (tertiary/aromatic N) is 5. The van der Waals surface area contributed by atoms with Crippen molar-refractivity contribution in [3.63, 3.8) is 0 Å². The lowest BCUT2D eigenvalue weighted by molar-refractivity contribution is 0.383. The Morgan fingerprint density at radius 2 is 1.61 bits per heavy atom. The van der Waals surface area contributed by atoms with Crippen molar-refractivity contribution in [3.05, 3.63) is 60.3 Å². The van der Waals surface area contributed by atoms with Crippen LogP contribution in [0.4, 0.5) is 17.5 Å². The molecule has 1 aliphatic heterocycles. The molecule has 0 atom stereocenters. The molecule has 31 heavy (non-hydrogen) atoms. The van der Waals surface area contributed by atoms with Crippen LogP contribution in [0.1, 0.15) is 5.56 Å². The molecule has 1 fully saturated rings. The van der Waals surface area contributed by atoms with Gasteiger partial charge >= 0.3 is 0 Å². The molecule has 0 unspecified atom stereocenters. The van der Waals surface area contributed by atoms with E-state index in [2.05, 4.69) is 20.5 Å². The summed E-state index contributed by atoms with van der Waals surface area (Å²) in [5.41, 5.74) is 1.08. The van der Waals surface area contributed by atoms with E-state index in [-0.39, 0.29) is 4.90 Å². The smallest absolute Gasteiger partial charge is 0.243 e. The van der Waals surface area contributed by atoms with Crippen LogP contribution >= 0.6 is 0 Å². The second-order valence-corrected chi connectivity index (χ2v) is 9.13. The van der Waals surface area contributed by atoms with E-state index in [0.29, 0.717) is 49.4 Å². The van der Waals surface area contributed by atoms with E-state index in [0.717, 1.165) is 5.56 Å². The highest BCUT2D eigenvalue weighted by Gasteiger charge is 2.29. The number of nitrogens with one attached hydrogen (secondary N) is 1. The quantitative estimate of drug-likeness (QED) is 0.624. The maximum Gasteiger partial charge on any atom is 0.243 e. The summed E-state index contributed by atoms with van der Waals surface area (Å²) in [6.07, 6.45) is 1.78. The van der Waals surface area contributed by atoms with E-state index in [4.69, 9.17) is 4.74 Å². The van der Waals surface area contributed by atoms with Gasteiger partial charge in [-0.1, -0.05) is 6.07 Å². The van der Waals surface area contributed by atoms with Gasteiger partial charge in [-0.05, 0) is 55.0 Å². The van der Waals surface area contributed by atoms with E-state index in [1.54, 1.807) is 37.6 Å². The average Bonchev–Trinajstić information content (AvgIpc) is 2.81. The van der Waals surface area contributed by atoms with E-state index < -0.39 is 10.0 Å².